The van der Waals surface area contributed by atoms with Crippen molar-refractivity contribution in [3.63, 3.8) is 0 Å². The van der Waals surface area contributed by atoms with E-state index in [0.29, 0.717) is 6.04 Å². The van der Waals surface area contributed by atoms with Crippen LogP contribution in [0.4, 0.5) is 17.7 Å². The average Bonchev–Trinajstić information content (AvgIpc) is 2.75. The third-order valence-electron chi connectivity index (χ3n) is 5.29. The van der Waals surface area contributed by atoms with Gasteiger partial charge in [-0.3, -0.25) is 4.90 Å². The second kappa shape index (κ2) is 9.32. The lowest BCUT2D eigenvalue weighted by Crippen LogP contribution is -2.42. The molecule has 2 aromatic rings. The van der Waals surface area contributed by atoms with Gasteiger partial charge in [-0.1, -0.05) is 0 Å². The summed E-state index contributed by atoms with van der Waals surface area (Å²) in [4.78, 5) is 24.6. The lowest BCUT2D eigenvalue weighted by atomic mass is 10.1. The van der Waals surface area contributed by atoms with Crippen LogP contribution in [0.1, 0.15) is 18.4 Å². The van der Waals surface area contributed by atoms with Crippen molar-refractivity contribution in [2.45, 2.75) is 25.4 Å². The largest absolute Gasteiger partial charge is 0.378 e. The van der Waals surface area contributed by atoms with Gasteiger partial charge in [0.1, 0.15) is 5.82 Å². The third-order valence-corrected chi connectivity index (χ3v) is 5.29. The molecule has 2 aliphatic rings. The zero-order chi connectivity index (χ0) is 20.1. The van der Waals surface area contributed by atoms with Crippen LogP contribution >= 0.6 is 0 Å². The number of nitrogens with zero attached hydrogens (tertiary/aromatic N) is 7. The molecule has 2 saturated heterocycles. The van der Waals surface area contributed by atoms with Crippen molar-refractivity contribution in [1.29, 1.82) is 0 Å². The molecule has 0 saturated carbocycles. The zero-order valence-corrected chi connectivity index (χ0v) is 17.3. The molecule has 0 spiro atoms. The third kappa shape index (κ3) is 5.30. The van der Waals surface area contributed by atoms with Gasteiger partial charge in [0.2, 0.25) is 11.9 Å². The number of morpholine rings is 1. The number of hydrogen-bond acceptors (Lipinski definition) is 9. The second-order valence-electron chi connectivity index (χ2n) is 7.85. The van der Waals surface area contributed by atoms with Crippen molar-refractivity contribution in [2.24, 2.45) is 0 Å². The van der Waals surface area contributed by atoms with Gasteiger partial charge in [0.25, 0.3) is 0 Å². The standard InChI is InChI=1S/C20H30N8O/c1-26(2)19-22-12-16(13-23-19)14-27-7-3-4-17(15-27)24-18-5-6-21-20(25-18)28-8-10-29-11-9-28/h5-6,12-13,17H,3-4,7-11,14-15H2,1-2H3,(H,21,24,25). The first-order valence-corrected chi connectivity index (χ1v) is 10.3. The first-order valence-electron chi connectivity index (χ1n) is 10.3. The number of rotatable bonds is 6. The van der Waals surface area contributed by atoms with E-state index in [-0.39, 0.29) is 0 Å². The summed E-state index contributed by atoms with van der Waals surface area (Å²) in [5.41, 5.74) is 1.15. The summed E-state index contributed by atoms with van der Waals surface area (Å²) in [5.74, 6) is 2.42. The zero-order valence-electron chi connectivity index (χ0n) is 17.3. The molecule has 2 fully saturated rings. The van der Waals surface area contributed by atoms with Gasteiger partial charge in [0.15, 0.2) is 0 Å². The summed E-state index contributed by atoms with van der Waals surface area (Å²) in [6.07, 6.45) is 8.00. The molecule has 4 heterocycles. The Hall–Kier alpha value is -2.52. The summed E-state index contributed by atoms with van der Waals surface area (Å²) < 4.78 is 5.42. The molecule has 156 valence electrons. The molecule has 2 aliphatic heterocycles. The minimum Gasteiger partial charge on any atom is -0.378 e. The maximum absolute atomic E-state index is 5.42. The Labute approximate surface area is 172 Å². The van der Waals surface area contributed by atoms with Crippen molar-refractivity contribution in [1.82, 2.24) is 24.8 Å². The molecule has 1 unspecified atom stereocenters. The van der Waals surface area contributed by atoms with E-state index < -0.39 is 0 Å². The van der Waals surface area contributed by atoms with E-state index in [1.807, 2.05) is 43.7 Å². The number of likely N-dealkylation sites (tertiary alicyclic amines) is 1. The fourth-order valence-corrected chi connectivity index (χ4v) is 3.79. The lowest BCUT2D eigenvalue weighted by Gasteiger charge is -2.33. The van der Waals surface area contributed by atoms with Crippen LogP contribution in [-0.4, -0.2) is 84.4 Å². The van der Waals surface area contributed by atoms with Crippen LogP contribution in [0.3, 0.4) is 0 Å². The van der Waals surface area contributed by atoms with Crippen molar-refractivity contribution < 1.29 is 4.74 Å². The van der Waals surface area contributed by atoms with E-state index in [4.69, 9.17) is 9.72 Å². The highest BCUT2D eigenvalue weighted by Crippen LogP contribution is 2.18. The van der Waals surface area contributed by atoms with Gasteiger partial charge >= 0.3 is 0 Å². The molecule has 29 heavy (non-hydrogen) atoms. The van der Waals surface area contributed by atoms with Gasteiger partial charge in [-0.15, -0.1) is 0 Å². The van der Waals surface area contributed by atoms with Crippen LogP contribution in [0.2, 0.25) is 0 Å². The van der Waals surface area contributed by atoms with Crippen LogP contribution in [0.25, 0.3) is 0 Å². The maximum atomic E-state index is 5.42. The molecule has 4 rings (SSSR count). The van der Waals surface area contributed by atoms with Crippen LogP contribution in [0.15, 0.2) is 24.7 Å². The molecular weight excluding hydrogens is 368 g/mol. The second-order valence-corrected chi connectivity index (χ2v) is 7.85. The molecule has 2 aromatic heterocycles. The number of nitrogens with one attached hydrogen (secondary N) is 1. The Kier molecular flexibility index (Phi) is 6.36. The Morgan fingerprint density at radius 3 is 2.69 bits per heavy atom. The first kappa shape index (κ1) is 19.8. The molecule has 0 amide bonds. The topological polar surface area (TPSA) is 82.5 Å². The molecule has 1 atom stereocenters. The molecule has 9 heteroatoms. The summed E-state index contributed by atoms with van der Waals surface area (Å²) in [6.45, 7) is 6.10. The van der Waals surface area contributed by atoms with Crippen molar-refractivity contribution in [2.75, 3.05) is 68.6 Å². The van der Waals surface area contributed by atoms with Gasteiger partial charge < -0.3 is 19.9 Å². The molecule has 0 bridgehead atoms. The van der Waals surface area contributed by atoms with Gasteiger partial charge in [-0.2, -0.15) is 4.98 Å². The Morgan fingerprint density at radius 2 is 1.93 bits per heavy atom. The number of ether oxygens (including phenoxy) is 1. The highest BCUT2D eigenvalue weighted by atomic mass is 16.5. The van der Waals surface area contributed by atoms with Gasteiger partial charge in [-0.25, -0.2) is 15.0 Å². The quantitative estimate of drug-likeness (QED) is 0.773. The van der Waals surface area contributed by atoms with E-state index in [1.54, 1.807) is 0 Å². The van der Waals surface area contributed by atoms with Crippen molar-refractivity contribution >= 4 is 17.7 Å². The smallest absolute Gasteiger partial charge is 0.227 e. The van der Waals surface area contributed by atoms with E-state index in [9.17, 15) is 0 Å². The number of aromatic nitrogens is 4. The van der Waals surface area contributed by atoms with E-state index in [1.165, 1.54) is 0 Å². The van der Waals surface area contributed by atoms with Crippen LogP contribution < -0.4 is 15.1 Å². The van der Waals surface area contributed by atoms with Crippen LogP contribution in [0.5, 0.6) is 0 Å². The van der Waals surface area contributed by atoms with Crippen molar-refractivity contribution in [3.8, 4) is 0 Å². The number of piperidine rings is 1. The maximum Gasteiger partial charge on any atom is 0.227 e. The minimum atomic E-state index is 0.373. The summed E-state index contributed by atoms with van der Waals surface area (Å²) >= 11 is 0. The minimum absolute atomic E-state index is 0.373. The monoisotopic (exact) mass is 398 g/mol. The predicted octanol–water partition coefficient (Wildman–Crippen LogP) is 1.25. The van der Waals surface area contributed by atoms with Crippen molar-refractivity contribution in [3.05, 3.63) is 30.2 Å². The highest BCUT2D eigenvalue weighted by Gasteiger charge is 2.21. The number of hydrogen-bond donors (Lipinski definition) is 1. The molecular formula is C20H30N8O. The Bertz CT molecular complexity index is 778. The Morgan fingerprint density at radius 1 is 1.14 bits per heavy atom. The van der Waals surface area contributed by atoms with Gasteiger partial charge in [0, 0.05) is 70.5 Å². The lowest BCUT2D eigenvalue weighted by molar-refractivity contribution is 0.122. The Balaban J connectivity index is 1.34. The molecule has 0 aliphatic carbocycles. The number of anilines is 3. The van der Waals surface area contributed by atoms with Gasteiger partial charge in [0.05, 0.1) is 13.2 Å². The summed E-state index contributed by atoms with van der Waals surface area (Å²) in [7, 11) is 3.90. The molecule has 0 aromatic carbocycles. The fourth-order valence-electron chi connectivity index (χ4n) is 3.79. The normalized spacial score (nSPS) is 20.5. The molecule has 9 nitrogen and oxygen atoms in total. The van der Waals surface area contributed by atoms with E-state index in [2.05, 4.69) is 30.1 Å². The van der Waals surface area contributed by atoms with E-state index >= 15 is 0 Å². The average molecular weight is 399 g/mol. The van der Waals surface area contributed by atoms with E-state index in [0.717, 1.165) is 82.1 Å². The van der Waals surface area contributed by atoms with Gasteiger partial charge in [-0.05, 0) is 25.5 Å². The summed E-state index contributed by atoms with van der Waals surface area (Å²) in [5, 5.41) is 3.61. The first-order chi connectivity index (χ1) is 14.2. The fraction of sp³-hybridized carbons (Fsp3) is 0.600. The molecule has 0 radical (unpaired) electrons. The molecule has 1 N–H and O–H groups in total. The SMILES string of the molecule is CN(C)c1ncc(CN2CCCC(Nc3ccnc(N4CCOCC4)n3)C2)cn1. The van der Waals surface area contributed by atoms with Crippen LogP contribution in [0, 0.1) is 0 Å². The predicted molar refractivity (Wildman–Crippen MR) is 113 cm³/mol. The highest BCUT2D eigenvalue weighted by molar-refractivity contribution is 5.42. The summed E-state index contributed by atoms with van der Waals surface area (Å²) in [6, 6.07) is 2.33. The van der Waals surface area contributed by atoms with Crippen LogP contribution in [-0.2, 0) is 11.3 Å².